The van der Waals surface area contributed by atoms with Crippen LogP contribution in [-0.4, -0.2) is 74.5 Å². The maximum atomic E-state index is 13.0. The monoisotopic (exact) mass is 1470 g/mol. The molecule has 0 spiro atoms. The topological polar surface area (TPSA) is 133 Å². The first-order chi connectivity index (χ1) is 52.9. The zero-order chi connectivity index (χ0) is 75.1. The molecule has 530 valence electrons. The Bertz CT molecular complexity index is 6170. The first-order valence-corrected chi connectivity index (χ1v) is 43.9. The minimum atomic E-state index is -2.40. The molecule has 14 aromatic carbocycles. The summed E-state index contributed by atoms with van der Waals surface area (Å²) in [6.45, 7) is 10.8. The molecule has 0 N–H and O–H groups in total. The van der Waals surface area contributed by atoms with Gasteiger partial charge in [0.1, 0.15) is 21.4 Å². The molecule has 0 saturated heterocycles. The predicted octanol–water partition coefficient (Wildman–Crippen LogP) is 23.6. The molecule has 0 bridgehead atoms. The number of fused-ring (bicyclic) bond motifs is 3. The SMILES string of the molecule is CP(C)(=O)c1ccc(-c2nc(-c3ccccc3)nc(-c3ccc(-c4ccccc4)cc3)n2)cc1.CP(C)(=O)c1cccc(-c2cccc(-c3nc(-c4ccccc4)nc(-c4ccccc4)n3)c2)c1.CP(C)(=O)c1cccc(-n2c3ccc(-c4ccccc4)cc3c3cc(-c4ccc(-c5ccccc5)cc4)ccc32)c1. The predicted molar refractivity (Wildman–Crippen MR) is 457 cm³/mol. The van der Waals surface area contributed by atoms with Gasteiger partial charge in [-0.05, 0) is 144 Å². The summed E-state index contributed by atoms with van der Waals surface area (Å²) in [4.78, 5) is 28.8. The van der Waals surface area contributed by atoms with E-state index in [2.05, 4.69) is 168 Å². The van der Waals surface area contributed by atoms with E-state index in [1.807, 2.05) is 214 Å². The van der Waals surface area contributed by atoms with Gasteiger partial charge < -0.3 is 18.3 Å². The second kappa shape index (κ2) is 31.6. The average molecular weight is 1470 g/mol. The van der Waals surface area contributed by atoms with Gasteiger partial charge in [-0.2, -0.15) is 0 Å². The Morgan fingerprint density at radius 1 is 0.193 bits per heavy atom. The first-order valence-electron chi connectivity index (χ1n) is 36.1. The fraction of sp³-hybridized carbons (Fsp3) is 0.0625. The third-order valence-electron chi connectivity index (χ3n) is 19.2. The van der Waals surface area contributed by atoms with Crippen LogP contribution in [0, 0.1) is 0 Å². The van der Waals surface area contributed by atoms with Crippen LogP contribution in [0.25, 0.3) is 151 Å². The van der Waals surface area contributed by atoms with E-state index in [0.29, 0.717) is 34.9 Å². The fourth-order valence-corrected chi connectivity index (χ4v) is 16.0. The van der Waals surface area contributed by atoms with Crippen molar-refractivity contribution in [2.24, 2.45) is 0 Å². The van der Waals surface area contributed by atoms with E-state index < -0.39 is 21.4 Å². The number of aromatic nitrogens is 7. The van der Waals surface area contributed by atoms with E-state index in [4.69, 9.17) is 29.9 Å². The Kier molecular flexibility index (Phi) is 20.9. The molecule has 10 nitrogen and oxygen atoms in total. The van der Waals surface area contributed by atoms with Crippen molar-refractivity contribution in [1.29, 1.82) is 0 Å². The maximum Gasteiger partial charge on any atom is 0.164 e. The van der Waals surface area contributed by atoms with Crippen molar-refractivity contribution in [3.05, 3.63) is 364 Å². The van der Waals surface area contributed by atoms with Crippen molar-refractivity contribution in [1.82, 2.24) is 34.5 Å². The molecule has 0 atom stereocenters. The summed E-state index contributed by atoms with van der Waals surface area (Å²) < 4.78 is 40.3. The van der Waals surface area contributed by atoms with E-state index in [0.717, 1.165) is 82.7 Å². The number of benzene rings is 14. The lowest BCUT2D eigenvalue weighted by Gasteiger charge is -2.12. The van der Waals surface area contributed by atoms with Crippen LogP contribution in [0.5, 0.6) is 0 Å². The zero-order valence-corrected chi connectivity index (χ0v) is 64.0. The van der Waals surface area contributed by atoms with Gasteiger partial charge in [-0.25, -0.2) is 29.9 Å². The summed E-state index contributed by atoms with van der Waals surface area (Å²) in [6.07, 6.45) is 0. The lowest BCUT2D eigenvalue weighted by molar-refractivity contribution is 0.587. The van der Waals surface area contributed by atoms with Gasteiger partial charge in [-0.15, -0.1) is 0 Å². The van der Waals surface area contributed by atoms with Crippen molar-refractivity contribution in [3.63, 3.8) is 0 Å². The largest absolute Gasteiger partial charge is 0.319 e. The van der Waals surface area contributed by atoms with Gasteiger partial charge in [0.15, 0.2) is 34.9 Å². The third kappa shape index (κ3) is 16.7. The molecule has 13 heteroatoms. The molecule has 17 rings (SSSR count). The zero-order valence-electron chi connectivity index (χ0n) is 61.3. The van der Waals surface area contributed by atoms with Crippen molar-refractivity contribution >= 4 is 59.1 Å². The number of nitrogens with zero attached hydrogens (tertiary/aromatic N) is 7. The summed E-state index contributed by atoms with van der Waals surface area (Å²) >= 11 is 0. The maximum absolute atomic E-state index is 13.0. The lowest BCUT2D eigenvalue weighted by Crippen LogP contribution is -2.05. The second-order valence-corrected chi connectivity index (χ2v) is 37.7. The summed E-state index contributed by atoms with van der Waals surface area (Å²) in [5, 5.41) is 4.99. The van der Waals surface area contributed by atoms with Crippen LogP contribution in [0.3, 0.4) is 0 Å². The highest BCUT2D eigenvalue weighted by Crippen LogP contribution is 2.42. The molecular formula is C96H78N7O3P3. The highest BCUT2D eigenvalue weighted by Gasteiger charge is 2.21. The highest BCUT2D eigenvalue weighted by molar-refractivity contribution is 7.70. The summed E-state index contributed by atoms with van der Waals surface area (Å²) in [6, 6.07) is 124. The Hall–Kier alpha value is -12.4. The molecule has 3 heterocycles. The number of hydrogen-bond acceptors (Lipinski definition) is 9. The van der Waals surface area contributed by atoms with Gasteiger partial charge in [0.05, 0.1) is 11.0 Å². The Morgan fingerprint density at radius 3 is 0.807 bits per heavy atom. The summed E-state index contributed by atoms with van der Waals surface area (Å²) in [5.74, 6) is 3.70. The Balaban J connectivity index is 0.000000131. The molecule has 0 amide bonds. The van der Waals surface area contributed by atoms with E-state index in [9.17, 15) is 13.7 Å². The molecule has 0 aliphatic carbocycles. The molecule has 0 unspecified atom stereocenters. The van der Waals surface area contributed by atoms with Crippen molar-refractivity contribution in [2.45, 2.75) is 0 Å². The minimum Gasteiger partial charge on any atom is -0.319 e. The molecule has 0 aliphatic rings. The third-order valence-corrected chi connectivity index (χ3v) is 23.8. The van der Waals surface area contributed by atoms with Crippen LogP contribution >= 0.6 is 21.4 Å². The fourth-order valence-electron chi connectivity index (χ4n) is 13.3. The first kappa shape index (κ1) is 72.2. The van der Waals surface area contributed by atoms with Crippen molar-refractivity contribution in [2.75, 3.05) is 40.0 Å². The van der Waals surface area contributed by atoms with E-state index in [1.54, 1.807) is 26.7 Å². The van der Waals surface area contributed by atoms with E-state index in [-0.39, 0.29) is 0 Å². The lowest BCUT2D eigenvalue weighted by atomic mass is 9.98. The Labute approximate surface area is 636 Å². The van der Waals surface area contributed by atoms with Crippen LogP contribution in [0.4, 0.5) is 0 Å². The molecule has 109 heavy (non-hydrogen) atoms. The van der Waals surface area contributed by atoms with Crippen molar-refractivity contribution in [3.8, 4) is 130 Å². The van der Waals surface area contributed by atoms with Crippen LogP contribution in [0.2, 0.25) is 0 Å². The number of hydrogen-bond donors (Lipinski definition) is 0. The molecule has 0 aliphatic heterocycles. The quantitative estimate of drug-likeness (QED) is 0.0920. The number of rotatable bonds is 15. The van der Waals surface area contributed by atoms with Crippen LogP contribution in [0.1, 0.15) is 0 Å². The molecule has 3 aromatic heterocycles. The Morgan fingerprint density at radius 2 is 0.431 bits per heavy atom. The van der Waals surface area contributed by atoms with Crippen LogP contribution in [-0.2, 0) is 13.7 Å². The minimum absolute atomic E-state index is 0.588. The normalized spacial score (nSPS) is 11.5. The molecule has 0 saturated carbocycles. The second-order valence-electron chi connectivity index (χ2n) is 28.0. The molecular weight excluding hydrogens is 1390 g/mol. The highest BCUT2D eigenvalue weighted by atomic mass is 31.2. The van der Waals surface area contributed by atoms with Crippen LogP contribution < -0.4 is 15.9 Å². The van der Waals surface area contributed by atoms with Gasteiger partial charge in [0.2, 0.25) is 0 Å². The van der Waals surface area contributed by atoms with E-state index in [1.165, 1.54) is 49.7 Å². The van der Waals surface area contributed by atoms with Gasteiger partial charge in [0.25, 0.3) is 0 Å². The standard InChI is InChI=1S/C38H30NOP.2C29H24N3OP/c1-41(2,40)34-15-9-14-33(26-34)39-37-22-20-31(28-12-7-4-8-13-28)24-35(37)36-25-32(21-23-38(36)39)30-18-16-29(17-19-30)27-10-5-3-6-11-27;1-34(2,33)26-18-10-16-24(20-26)23-15-9-17-25(19-23)29-31-27(21-11-5-3-6-12-21)30-28(32-29)22-13-7-4-8-14-22;1-34(2,33)26-19-17-25(18-20-26)29-31-27(23-11-7-4-8-12-23)30-28(32-29)24-15-13-22(14-16-24)21-9-5-3-6-10-21/h3-26H,1-2H3;2*3-20H,1-2H3. The average Bonchev–Trinajstić information content (AvgIpc) is 1.59. The van der Waals surface area contributed by atoms with Crippen molar-refractivity contribution < 1.29 is 13.7 Å². The summed E-state index contributed by atoms with van der Waals surface area (Å²) in [5.41, 5.74) is 20.3. The van der Waals surface area contributed by atoms with Crippen LogP contribution in [0.15, 0.2) is 364 Å². The van der Waals surface area contributed by atoms with Gasteiger partial charge >= 0.3 is 0 Å². The van der Waals surface area contributed by atoms with Gasteiger partial charge in [0, 0.05) is 65.8 Å². The van der Waals surface area contributed by atoms with Gasteiger partial charge in [-0.1, -0.05) is 315 Å². The molecule has 0 radical (unpaired) electrons. The molecule has 0 fully saturated rings. The summed E-state index contributed by atoms with van der Waals surface area (Å²) in [7, 11) is -7.08. The smallest absolute Gasteiger partial charge is 0.164 e. The van der Waals surface area contributed by atoms with E-state index >= 15 is 0 Å². The molecule has 17 aromatic rings. The van der Waals surface area contributed by atoms with Gasteiger partial charge in [-0.3, -0.25) is 0 Å².